The Bertz CT molecular complexity index is 1020. The Kier molecular flexibility index (Phi) is 4.63. The SMILES string of the molecule is CCn1c(NC(=O)c2ccc(Br)cc2)c(C#N)c2ccc(N=O)cc21. The predicted octanol–water partition coefficient (Wildman–Crippen LogP) is 4.95. The van der Waals surface area contributed by atoms with Crippen LogP contribution in [0.25, 0.3) is 10.9 Å². The van der Waals surface area contributed by atoms with Crippen LogP contribution in [0.1, 0.15) is 22.8 Å². The summed E-state index contributed by atoms with van der Waals surface area (Å²) in [5, 5.41) is 16.0. The number of carbonyl (C=O) groups excluding carboxylic acids is 1. The van der Waals surface area contributed by atoms with Crippen molar-refractivity contribution in [2.75, 3.05) is 5.32 Å². The van der Waals surface area contributed by atoms with Gasteiger partial charge in [-0.2, -0.15) is 5.26 Å². The second kappa shape index (κ2) is 6.87. The zero-order chi connectivity index (χ0) is 18.0. The average molecular weight is 397 g/mol. The summed E-state index contributed by atoms with van der Waals surface area (Å²) < 4.78 is 2.66. The van der Waals surface area contributed by atoms with Crippen molar-refractivity contribution < 1.29 is 4.79 Å². The summed E-state index contributed by atoms with van der Waals surface area (Å²) in [6, 6.07) is 13.9. The molecular formula is C18H13BrN4O2. The van der Waals surface area contributed by atoms with Gasteiger partial charge >= 0.3 is 0 Å². The first-order valence-corrected chi connectivity index (χ1v) is 8.35. The van der Waals surface area contributed by atoms with Crippen molar-refractivity contribution in [2.24, 2.45) is 5.18 Å². The Morgan fingerprint density at radius 1 is 1.28 bits per heavy atom. The monoisotopic (exact) mass is 396 g/mol. The van der Waals surface area contributed by atoms with Gasteiger partial charge in [0, 0.05) is 22.0 Å². The van der Waals surface area contributed by atoms with Gasteiger partial charge in [0.2, 0.25) is 0 Å². The third-order valence-electron chi connectivity index (χ3n) is 3.92. The predicted molar refractivity (Wildman–Crippen MR) is 99.9 cm³/mol. The number of carbonyl (C=O) groups is 1. The minimum atomic E-state index is -0.310. The number of nitrogens with one attached hydrogen (secondary N) is 1. The second-order valence-electron chi connectivity index (χ2n) is 5.33. The zero-order valence-electron chi connectivity index (χ0n) is 13.3. The molecule has 1 amide bonds. The van der Waals surface area contributed by atoms with Crippen molar-refractivity contribution in [1.29, 1.82) is 5.26 Å². The van der Waals surface area contributed by atoms with Gasteiger partial charge in [0.05, 0.1) is 5.52 Å². The first-order chi connectivity index (χ1) is 12.1. The molecule has 3 aromatic rings. The van der Waals surface area contributed by atoms with E-state index in [2.05, 4.69) is 32.5 Å². The average Bonchev–Trinajstić information content (AvgIpc) is 2.93. The van der Waals surface area contributed by atoms with Crippen LogP contribution >= 0.6 is 15.9 Å². The first-order valence-electron chi connectivity index (χ1n) is 7.55. The first kappa shape index (κ1) is 16.9. The summed E-state index contributed by atoms with van der Waals surface area (Å²) >= 11 is 3.33. The van der Waals surface area contributed by atoms with Crippen LogP contribution in [0.2, 0.25) is 0 Å². The lowest BCUT2D eigenvalue weighted by atomic mass is 10.1. The summed E-state index contributed by atoms with van der Waals surface area (Å²) in [4.78, 5) is 23.3. The molecule has 0 spiro atoms. The fourth-order valence-electron chi connectivity index (χ4n) is 2.75. The quantitative estimate of drug-likeness (QED) is 0.633. The fourth-order valence-corrected chi connectivity index (χ4v) is 3.01. The highest BCUT2D eigenvalue weighted by Gasteiger charge is 2.19. The molecule has 1 aromatic heterocycles. The van der Waals surface area contributed by atoms with E-state index in [1.165, 1.54) is 0 Å². The number of aryl methyl sites for hydroxylation is 1. The number of anilines is 1. The number of hydrogen-bond donors (Lipinski definition) is 1. The maximum Gasteiger partial charge on any atom is 0.256 e. The van der Waals surface area contributed by atoms with Crippen molar-refractivity contribution in [3.05, 3.63) is 63.0 Å². The third kappa shape index (κ3) is 3.04. The number of amides is 1. The molecule has 25 heavy (non-hydrogen) atoms. The van der Waals surface area contributed by atoms with E-state index in [0.717, 1.165) is 4.47 Å². The largest absolute Gasteiger partial charge is 0.326 e. The van der Waals surface area contributed by atoms with Crippen LogP contribution in [0.15, 0.2) is 52.1 Å². The van der Waals surface area contributed by atoms with Crippen LogP contribution in [-0.4, -0.2) is 10.5 Å². The van der Waals surface area contributed by atoms with Gasteiger partial charge in [-0.25, -0.2) is 0 Å². The maximum absolute atomic E-state index is 12.5. The van der Waals surface area contributed by atoms with E-state index in [1.54, 1.807) is 47.0 Å². The van der Waals surface area contributed by atoms with Gasteiger partial charge in [-0.15, -0.1) is 4.91 Å². The number of halogens is 1. The van der Waals surface area contributed by atoms with Crippen LogP contribution in [0.4, 0.5) is 11.5 Å². The van der Waals surface area contributed by atoms with Crippen LogP contribution in [0, 0.1) is 16.2 Å². The van der Waals surface area contributed by atoms with E-state index in [0.29, 0.717) is 34.4 Å². The highest BCUT2D eigenvalue weighted by Crippen LogP contribution is 2.32. The van der Waals surface area contributed by atoms with E-state index < -0.39 is 0 Å². The van der Waals surface area contributed by atoms with Gasteiger partial charge in [0.25, 0.3) is 5.91 Å². The molecule has 0 saturated heterocycles. The molecule has 0 atom stereocenters. The zero-order valence-corrected chi connectivity index (χ0v) is 14.9. The number of fused-ring (bicyclic) bond motifs is 1. The summed E-state index contributed by atoms with van der Waals surface area (Å²) in [7, 11) is 0. The topological polar surface area (TPSA) is 87.2 Å². The van der Waals surface area contributed by atoms with Crippen molar-refractivity contribution in [3.8, 4) is 6.07 Å². The summed E-state index contributed by atoms with van der Waals surface area (Å²) in [5.74, 6) is 0.103. The molecule has 1 N–H and O–H groups in total. The normalized spacial score (nSPS) is 10.4. The lowest BCUT2D eigenvalue weighted by molar-refractivity contribution is 0.102. The number of benzene rings is 2. The van der Waals surface area contributed by atoms with Gasteiger partial charge in [0.15, 0.2) is 0 Å². The lowest BCUT2D eigenvalue weighted by Gasteiger charge is -2.10. The van der Waals surface area contributed by atoms with E-state index in [-0.39, 0.29) is 11.6 Å². The molecule has 1 heterocycles. The Balaban J connectivity index is 2.11. The van der Waals surface area contributed by atoms with E-state index in [4.69, 9.17) is 0 Å². The number of rotatable bonds is 4. The molecule has 124 valence electrons. The van der Waals surface area contributed by atoms with Gasteiger partial charge in [-0.3, -0.25) is 4.79 Å². The number of nitriles is 1. The Morgan fingerprint density at radius 3 is 2.60 bits per heavy atom. The number of hydrogen-bond acceptors (Lipinski definition) is 4. The molecule has 0 saturated carbocycles. The number of aromatic nitrogens is 1. The fraction of sp³-hybridized carbons (Fsp3) is 0.111. The van der Waals surface area contributed by atoms with E-state index in [9.17, 15) is 15.0 Å². The molecule has 2 aromatic carbocycles. The van der Waals surface area contributed by atoms with Crippen molar-refractivity contribution >= 4 is 44.2 Å². The smallest absolute Gasteiger partial charge is 0.256 e. The maximum atomic E-state index is 12.5. The molecule has 0 aliphatic carbocycles. The summed E-state index contributed by atoms with van der Waals surface area (Å²) in [6.07, 6.45) is 0. The summed E-state index contributed by atoms with van der Waals surface area (Å²) in [6.45, 7) is 2.42. The Hall–Kier alpha value is -2.98. The summed E-state index contributed by atoms with van der Waals surface area (Å²) in [5.41, 5.74) is 1.80. The van der Waals surface area contributed by atoms with Gasteiger partial charge < -0.3 is 9.88 Å². The molecule has 0 radical (unpaired) electrons. The van der Waals surface area contributed by atoms with Crippen LogP contribution in [0.5, 0.6) is 0 Å². The third-order valence-corrected chi connectivity index (χ3v) is 4.45. The van der Waals surface area contributed by atoms with Crippen molar-refractivity contribution in [3.63, 3.8) is 0 Å². The van der Waals surface area contributed by atoms with Crippen LogP contribution < -0.4 is 5.32 Å². The van der Waals surface area contributed by atoms with Crippen molar-refractivity contribution in [1.82, 2.24) is 4.57 Å². The molecule has 0 aliphatic heterocycles. The number of nitroso groups, excluding NO2 is 1. The van der Waals surface area contributed by atoms with Gasteiger partial charge in [0.1, 0.15) is 23.1 Å². The molecule has 3 rings (SSSR count). The van der Waals surface area contributed by atoms with Crippen LogP contribution in [-0.2, 0) is 6.54 Å². The van der Waals surface area contributed by atoms with Gasteiger partial charge in [-0.05, 0) is 54.6 Å². The Labute approximate surface area is 152 Å². The second-order valence-corrected chi connectivity index (χ2v) is 6.25. The number of nitrogens with zero attached hydrogens (tertiary/aromatic N) is 3. The minimum Gasteiger partial charge on any atom is -0.326 e. The lowest BCUT2D eigenvalue weighted by Crippen LogP contribution is -2.15. The molecule has 0 unspecified atom stereocenters. The Morgan fingerprint density at radius 2 is 2.00 bits per heavy atom. The van der Waals surface area contributed by atoms with Gasteiger partial charge in [-0.1, -0.05) is 15.9 Å². The standard InChI is InChI=1S/C18H13BrN4O2/c1-2-23-16-9-13(22-25)7-8-14(16)15(10-20)17(23)21-18(24)11-3-5-12(19)6-4-11/h3-9H,2H2,1H3,(H,21,24). The molecule has 0 fully saturated rings. The molecule has 0 aliphatic rings. The molecule has 7 heteroatoms. The van der Waals surface area contributed by atoms with Crippen molar-refractivity contribution in [2.45, 2.75) is 13.5 Å². The minimum absolute atomic E-state index is 0.273. The highest BCUT2D eigenvalue weighted by molar-refractivity contribution is 9.10. The van der Waals surface area contributed by atoms with E-state index in [1.807, 2.05) is 6.92 Å². The molecule has 6 nitrogen and oxygen atoms in total. The molecule has 0 bridgehead atoms. The van der Waals surface area contributed by atoms with Crippen LogP contribution in [0.3, 0.4) is 0 Å². The molecular weight excluding hydrogens is 384 g/mol. The highest BCUT2D eigenvalue weighted by atomic mass is 79.9. The van der Waals surface area contributed by atoms with E-state index >= 15 is 0 Å².